The van der Waals surface area contributed by atoms with E-state index < -0.39 is 0 Å². The fourth-order valence-corrected chi connectivity index (χ4v) is 3.20. The van der Waals surface area contributed by atoms with Gasteiger partial charge >= 0.3 is 0 Å². The summed E-state index contributed by atoms with van der Waals surface area (Å²) < 4.78 is 5.88. The van der Waals surface area contributed by atoms with E-state index in [9.17, 15) is 0 Å². The number of rotatable bonds is 7. The van der Waals surface area contributed by atoms with E-state index in [4.69, 9.17) is 4.74 Å². The molecule has 0 unspecified atom stereocenters. The summed E-state index contributed by atoms with van der Waals surface area (Å²) in [6, 6.07) is 19.0. The molecule has 1 fully saturated rings. The van der Waals surface area contributed by atoms with Crippen LogP contribution in [0.15, 0.2) is 54.6 Å². The van der Waals surface area contributed by atoms with Gasteiger partial charge in [-0.05, 0) is 61.2 Å². The van der Waals surface area contributed by atoms with Gasteiger partial charge in [0.1, 0.15) is 12.4 Å². The van der Waals surface area contributed by atoms with Crippen LogP contribution in [0.25, 0.3) is 11.6 Å². The van der Waals surface area contributed by atoms with Gasteiger partial charge in [0.05, 0.1) is 0 Å². The highest BCUT2D eigenvalue weighted by Gasteiger charge is 2.10. The van der Waals surface area contributed by atoms with Crippen LogP contribution in [-0.2, 0) is 0 Å². The number of ether oxygens (including phenoxy) is 1. The molecular weight excluding hydrogens is 294 g/mol. The summed E-state index contributed by atoms with van der Waals surface area (Å²) in [5, 5.41) is 0. The molecule has 0 bridgehead atoms. The molecule has 1 aliphatic rings. The van der Waals surface area contributed by atoms with Crippen molar-refractivity contribution in [1.29, 1.82) is 0 Å². The van der Waals surface area contributed by atoms with E-state index in [-0.39, 0.29) is 0 Å². The fraction of sp³-hybridized carbons (Fsp3) is 0.364. The van der Waals surface area contributed by atoms with Gasteiger partial charge in [0.25, 0.3) is 0 Å². The van der Waals surface area contributed by atoms with Crippen LogP contribution in [0.5, 0.6) is 5.75 Å². The molecule has 3 rings (SSSR count). The Kier molecular flexibility index (Phi) is 6.08. The third kappa shape index (κ3) is 4.72. The first-order valence-corrected chi connectivity index (χ1v) is 9.06. The van der Waals surface area contributed by atoms with E-state index in [1.54, 1.807) is 0 Å². The van der Waals surface area contributed by atoms with Gasteiger partial charge in [-0.15, -0.1) is 0 Å². The van der Waals surface area contributed by atoms with E-state index in [1.165, 1.54) is 42.6 Å². The molecule has 0 spiro atoms. The first-order valence-electron chi connectivity index (χ1n) is 9.06. The van der Waals surface area contributed by atoms with Gasteiger partial charge in [0.2, 0.25) is 0 Å². The van der Waals surface area contributed by atoms with E-state index >= 15 is 0 Å². The van der Waals surface area contributed by atoms with Crippen molar-refractivity contribution >= 4 is 11.6 Å². The number of allylic oxidation sites excluding steroid dienone is 1. The van der Waals surface area contributed by atoms with Crippen molar-refractivity contribution in [3.05, 3.63) is 65.7 Å². The van der Waals surface area contributed by atoms with Crippen LogP contribution >= 0.6 is 0 Å². The predicted molar refractivity (Wildman–Crippen MR) is 102 cm³/mol. The summed E-state index contributed by atoms with van der Waals surface area (Å²) >= 11 is 0. The second kappa shape index (κ2) is 8.70. The zero-order valence-electron chi connectivity index (χ0n) is 14.6. The lowest BCUT2D eigenvalue weighted by atomic mass is 10.0. The zero-order valence-corrected chi connectivity index (χ0v) is 14.6. The van der Waals surface area contributed by atoms with Crippen LogP contribution in [0, 0.1) is 0 Å². The summed E-state index contributed by atoms with van der Waals surface area (Å²) in [5.74, 6) is 0.962. The number of benzene rings is 2. The van der Waals surface area contributed by atoms with Gasteiger partial charge in [-0.2, -0.15) is 0 Å². The van der Waals surface area contributed by atoms with Crippen LogP contribution in [-0.4, -0.2) is 31.1 Å². The van der Waals surface area contributed by atoms with Crippen molar-refractivity contribution in [1.82, 2.24) is 4.90 Å². The molecule has 1 saturated heterocycles. The van der Waals surface area contributed by atoms with Crippen LogP contribution in [0.3, 0.4) is 0 Å². The predicted octanol–water partition coefficient (Wildman–Crippen LogP) is 5.11. The molecule has 2 nitrogen and oxygen atoms in total. The van der Waals surface area contributed by atoms with Gasteiger partial charge in [-0.25, -0.2) is 0 Å². The SMILES string of the molecule is CCC(=Cc1ccc(OCCN2CCCC2)cc1)c1ccccc1. The Morgan fingerprint density at radius 2 is 1.71 bits per heavy atom. The lowest BCUT2D eigenvalue weighted by Gasteiger charge is -2.15. The van der Waals surface area contributed by atoms with Crippen molar-refractivity contribution in [2.45, 2.75) is 26.2 Å². The first-order chi connectivity index (χ1) is 11.8. The minimum absolute atomic E-state index is 0.777. The van der Waals surface area contributed by atoms with Crippen LogP contribution < -0.4 is 4.74 Å². The highest BCUT2D eigenvalue weighted by atomic mass is 16.5. The van der Waals surface area contributed by atoms with Gasteiger partial charge in [-0.1, -0.05) is 55.5 Å². The van der Waals surface area contributed by atoms with Crippen LogP contribution in [0.2, 0.25) is 0 Å². The van der Waals surface area contributed by atoms with Crippen molar-refractivity contribution in [2.24, 2.45) is 0 Å². The minimum atomic E-state index is 0.777. The quantitative estimate of drug-likeness (QED) is 0.657. The molecule has 1 aliphatic heterocycles. The lowest BCUT2D eigenvalue weighted by molar-refractivity contribution is 0.238. The molecule has 0 amide bonds. The number of hydrogen-bond donors (Lipinski definition) is 0. The molecule has 2 aromatic carbocycles. The third-order valence-electron chi connectivity index (χ3n) is 4.62. The maximum absolute atomic E-state index is 5.88. The highest BCUT2D eigenvalue weighted by Crippen LogP contribution is 2.22. The molecule has 126 valence electrons. The summed E-state index contributed by atoms with van der Waals surface area (Å²) in [7, 11) is 0. The molecule has 2 aromatic rings. The second-order valence-corrected chi connectivity index (χ2v) is 6.36. The molecule has 0 radical (unpaired) electrons. The highest BCUT2D eigenvalue weighted by molar-refractivity contribution is 5.81. The Labute approximate surface area is 145 Å². The second-order valence-electron chi connectivity index (χ2n) is 6.36. The van der Waals surface area contributed by atoms with Crippen LogP contribution in [0.4, 0.5) is 0 Å². The number of nitrogens with zero attached hydrogens (tertiary/aromatic N) is 1. The monoisotopic (exact) mass is 321 g/mol. The van der Waals surface area contributed by atoms with Crippen molar-refractivity contribution < 1.29 is 4.74 Å². The molecule has 0 aliphatic carbocycles. The number of likely N-dealkylation sites (tertiary alicyclic amines) is 1. The van der Waals surface area contributed by atoms with E-state index in [0.29, 0.717) is 0 Å². The summed E-state index contributed by atoms with van der Waals surface area (Å²) in [4.78, 5) is 2.48. The first kappa shape index (κ1) is 16.8. The smallest absolute Gasteiger partial charge is 0.119 e. The molecule has 24 heavy (non-hydrogen) atoms. The van der Waals surface area contributed by atoms with Gasteiger partial charge in [0, 0.05) is 6.54 Å². The summed E-state index contributed by atoms with van der Waals surface area (Å²) in [6.45, 7) is 6.47. The van der Waals surface area contributed by atoms with Gasteiger partial charge < -0.3 is 4.74 Å². The molecule has 1 heterocycles. The Morgan fingerprint density at radius 1 is 1.00 bits per heavy atom. The zero-order chi connectivity index (χ0) is 16.6. The maximum Gasteiger partial charge on any atom is 0.119 e. The van der Waals surface area contributed by atoms with E-state index in [1.807, 2.05) is 0 Å². The topological polar surface area (TPSA) is 12.5 Å². The van der Waals surface area contributed by atoms with Crippen molar-refractivity contribution in [2.75, 3.05) is 26.2 Å². The Balaban J connectivity index is 1.58. The normalized spacial score (nSPS) is 15.6. The largest absolute Gasteiger partial charge is 0.492 e. The Morgan fingerprint density at radius 3 is 2.38 bits per heavy atom. The third-order valence-corrected chi connectivity index (χ3v) is 4.62. The standard InChI is InChI=1S/C22H27NO/c1-2-20(21-8-4-3-5-9-21)18-19-10-12-22(13-11-19)24-17-16-23-14-6-7-15-23/h3-5,8-13,18H,2,6-7,14-17H2,1H3. The molecular formula is C22H27NO. The van der Waals surface area contributed by atoms with Crippen molar-refractivity contribution in [3.63, 3.8) is 0 Å². The summed E-state index contributed by atoms with van der Waals surface area (Å²) in [5.41, 5.74) is 3.88. The average molecular weight is 321 g/mol. The molecule has 0 saturated carbocycles. The van der Waals surface area contributed by atoms with Crippen molar-refractivity contribution in [3.8, 4) is 5.75 Å². The van der Waals surface area contributed by atoms with Gasteiger partial charge in [0.15, 0.2) is 0 Å². The Bertz CT molecular complexity index is 639. The number of hydrogen-bond acceptors (Lipinski definition) is 2. The molecule has 0 N–H and O–H groups in total. The molecule has 0 aromatic heterocycles. The maximum atomic E-state index is 5.88. The van der Waals surface area contributed by atoms with Gasteiger partial charge in [-0.3, -0.25) is 4.90 Å². The Hall–Kier alpha value is -2.06. The molecule has 2 heteroatoms. The minimum Gasteiger partial charge on any atom is -0.492 e. The van der Waals surface area contributed by atoms with E-state index in [2.05, 4.69) is 72.5 Å². The fourth-order valence-electron chi connectivity index (χ4n) is 3.20. The average Bonchev–Trinajstić information content (AvgIpc) is 3.15. The molecule has 0 atom stereocenters. The van der Waals surface area contributed by atoms with Crippen LogP contribution in [0.1, 0.15) is 37.3 Å². The lowest BCUT2D eigenvalue weighted by Crippen LogP contribution is -2.25. The summed E-state index contributed by atoms with van der Waals surface area (Å²) in [6.07, 6.45) is 5.96. The van der Waals surface area contributed by atoms with E-state index in [0.717, 1.165) is 25.3 Å².